The van der Waals surface area contributed by atoms with Gasteiger partial charge in [-0.05, 0) is 19.9 Å². The van der Waals surface area contributed by atoms with E-state index >= 15 is 0 Å². The molecule has 0 aliphatic heterocycles. The second kappa shape index (κ2) is 5.78. The quantitative estimate of drug-likeness (QED) is 0.828. The Labute approximate surface area is 117 Å². The van der Waals surface area contributed by atoms with Crippen LogP contribution in [0.1, 0.15) is 31.3 Å². The van der Waals surface area contributed by atoms with E-state index in [4.69, 9.17) is 5.73 Å². The molecule has 0 spiro atoms. The number of sulfonamides is 1. The van der Waals surface area contributed by atoms with Gasteiger partial charge in [0, 0.05) is 30.5 Å². The molecular weight excluding hydrogens is 280 g/mol. The Balaban J connectivity index is 2.21. The van der Waals surface area contributed by atoms with Gasteiger partial charge in [0.25, 0.3) is 0 Å². The zero-order valence-corrected chi connectivity index (χ0v) is 12.2. The van der Waals surface area contributed by atoms with Gasteiger partial charge in [-0.25, -0.2) is 13.1 Å². The average Bonchev–Trinajstić information content (AvgIpc) is 3.05. The predicted molar refractivity (Wildman–Crippen MR) is 73.2 cm³/mol. The molecule has 8 heteroatoms. The lowest BCUT2D eigenvalue weighted by molar-refractivity contribution is 0.411. The SMILES string of the molecule is CC(C)n1cc(S(=O)(=O)NCc2ccon2)cc1CN. The number of nitrogens with zero attached hydrogens (tertiary/aromatic N) is 2. The molecule has 110 valence electrons. The number of nitrogens with one attached hydrogen (secondary N) is 1. The molecule has 0 amide bonds. The van der Waals surface area contributed by atoms with Gasteiger partial charge in [0.15, 0.2) is 0 Å². The third-order valence-electron chi connectivity index (χ3n) is 2.92. The highest BCUT2D eigenvalue weighted by Crippen LogP contribution is 2.18. The van der Waals surface area contributed by atoms with E-state index in [1.54, 1.807) is 18.3 Å². The van der Waals surface area contributed by atoms with E-state index in [1.165, 1.54) is 6.26 Å². The van der Waals surface area contributed by atoms with E-state index in [9.17, 15) is 8.42 Å². The molecule has 2 aromatic heterocycles. The summed E-state index contributed by atoms with van der Waals surface area (Å²) >= 11 is 0. The van der Waals surface area contributed by atoms with E-state index in [0.29, 0.717) is 5.69 Å². The number of hydrogen-bond donors (Lipinski definition) is 2. The lowest BCUT2D eigenvalue weighted by Crippen LogP contribution is -2.23. The van der Waals surface area contributed by atoms with Gasteiger partial charge in [0.05, 0.1) is 17.1 Å². The maximum Gasteiger partial charge on any atom is 0.242 e. The zero-order valence-electron chi connectivity index (χ0n) is 11.4. The molecule has 0 atom stereocenters. The maximum absolute atomic E-state index is 12.2. The zero-order chi connectivity index (χ0) is 14.8. The van der Waals surface area contributed by atoms with Crippen molar-refractivity contribution in [2.24, 2.45) is 5.73 Å². The topological polar surface area (TPSA) is 103 Å². The number of aromatic nitrogens is 2. The second-order valence-electron chi connectivity index (χ2n) is 4.69. The summed E-state index contributed by atoms with van der Waals surface area (Å²) in [6, 6.07) is 3.34. The normalized spacial score (nSPS) is 12.2. The minimum Gasteiger partial charge on any atom is -0.364 e. The smallest absolute Gasteiger partial charge is 0.242 e. The third kappa shape index (κ3) is 3.09. The monoisotopic (exact) mass is 298 g/mol. The Kier molecular flexibility index (Phi) is 4.26. The first-order valence-corrected chi connectivity index (χ1v) is 7.72. The fourth-order valence-electron chi connectivity index (χ4n) is 1.87. The van der Waals surface area contributed by atoms with Gasteiger partial charge in [0.2, 0.25) is 10.0 Å². The van der Waals surface area contributed by atoms with Gasteiger partial charge >= 0.3 is 0 Å². The average molecular weight is 298 g/mol. The van der Waals surface area contributed by atoms with E-state index in [1.807, 2.05) is 18.4 Å². The van der Waals surface area contributed by atoms with Crippen molar-refractivity contribution in [3.63, 3.8) is 0 Å². The molecule has 20 heavy (non-hydrogen) atoms. The van der Waals surface area contributed by atoms with Crippen LogP contribution in [0.25, 0.3) is 0 Å². The fourth-order valence-corrected chi connectivity index (χ4v) is 2.92. The summed E-state index contributed by atoms with van der Waals surface area (Å²) in [4.78, 5) is 0.204. The van der Waals surface area contributed by atoms with Crippen LogP contribution < -0.4 is 10.5 Å². The highest BCUT2D eigenvalue weighted by molar-refractivity contribution is 7.89. The Hall–Kier alpha value is -1.64. The van der Waals surface area contributed by atoms with Crippen LogP contribution in [0.3, 0.4) is 0 Å². The van der Waals surface area contributed by atoms with Crippen molar-refractivity contribution in [2.45, 2.75) is 37.9 Å². The van der Waals surface area contributed by atoms with Gasteiger partial charge in [-0.2, -0.15) is 0 Å². The molecule has 0 saturated heterocycles. The standard InChI is InChI=1S/C12H18N4O3S/c1-9(2)16-8-12(5-11(16)6-13)20(17,18)14-7-10-3-4-19-15-10/h3-5,8-9,14H,6-7,13H2,1-2H3. The third-order valence-corrected chi connectivity index (χ3v) is 4.29. The van der Waals surface area contributed by atoms with Crippen molar-refractivity contribution in [1.29, 1.82) is 0 Å². The molecule has 2 rings (SSSR count). The molecule has 0 aliphatic rings. The molecule has 0 saturated carbocycles. The van der Waals surface area contributed by atoms with E-state index in [-0.39, 0.29) is 24.0 Å². The summed E-state index contributed by atoms with van der Waals surface area (Å²) in [5, 5.41) is 3.65. The van der Waals surface area contributed by atoms with Gasteiger partial charge in [-0.3, -0.25) is 0 Å². The van der Waals surface area contributed by atoms with Crippen LogP contribution in [-0.2, 0) is 23.1 Å². The van der Waals surface area contributed by atoms with Crippen molar-refractivity contribution in [3.8, 4) is 0 Å². The van der Waals surface area contributed by atoms with E-state index < -0.39 is 10.0 Å². The molecule has 2 heterocycles. The fraction of sp³-hybridized carbons (Fsp3) is 0.417. The summed E-state index contributed by atoms with van der Waals surface area (Å²) in [6.45, 7) is 4.32. The Bertz CT molecular complexity index is 659. The van der Waals surface area contributed by atoms with Crippen LogP contribution in [0.2, 0.25) is 0 Å². The highest BCUT2D eigenvalue weighted by Gasteiger charge is 2.19. The lowest BCUT2D eigenvalue weighted by atomic mass is 10.3. The van der Waals surface area contributed by atoms with Gasteiger partial charge in [0.1, 0.15) is 6.26 Å². The largest absolute Gasteiger partial charge is 0.364 e. The van der Waals surface area contributed by atoms with Crippen molar-refractivity contribution >= 4 is 10.0 Å². The second-order valence-corrected chi connectivity index (χ2v) is 6.45. The van der Waals surface area contributed by atoms with Crippen molar-refractivity contribution < 1.29 is 12.9 Å². The molecule has 0 aliphatic carbocycles. The Morgan fingerprint density at radius 2 is 2.25 bits per heavy atom. The van der Waals surface area contributed by atoms with Gasteiger partial charge < -0.3 is 14.8 Å². The van der Waals surface area contributed by atoms with Crippen LogP contribution >= 0.6 is 0 Å². The Morgan fingerprint density at radius 3 is 2.75 bits per heavy atom. The highest BCUT2D eigenvalue weighted by atomic mass is 32.2. The molecule has 0 unspecified atom stereocenters. The first-order valence-electron chi connectivity index (χ1n) is 6.24. The van der Waals surface area contributed by atoms with Crippen LogP contribution in [0, 0.1) is 0 Å². The van der Waals surface area contributed by atoms with Gasteiger partial charge in [-0.1, -0.05) is 5.16 Å². The minimum absolute atomic E-state index is 0.0870. The predicted octanol–water partition coefficient (Wildman–Crippen LogP) is 0.994. The first kappa shape index (κ1) is 14.8. The summed E-state index contributed by atoms with van der Waals surface area (Å²) in [5.74, 6) is 0. The number of hydrogen-bond acceptors (Lipinski definition) is 5. The van der Waals surface area contributed by atoms with Crippen LogP contribution in [0.5, 0.6) is 0 Å². The molecule has 2 aromatic rings. The molecule has 0 aromatic carbocycles. The molecular formula is C12H18N4O3S. The molecule has 0 fully saturated rings. The van der Waals surface area contributed by atoms with E-state index in [0.717, 1.165) is 5.69 Å². The van der Waals surface area contributed by atoms with E-state index in [2.05, 4.69) is 14.4 Å². The molecule has 3 N–H and O–H groups in total. The van der Waals surface area contributed by atoms with Crippen LogP contribution in [0.4, 0.5) is 0 Å². The molecule has 0 radical (unpaired) electrons. The molecule has 7 nitrogen and oxygen atoms in total. The summed E-state index contributed by atoms with van der Waals surface area (Å²) in [6.07, 6.45) is 2.99. The number of nitrogens with two attached hydrogens (primary N) is 1. The van der Waals surface area contributed by atoms with Crippen LogP contribution in [0.15, 0.2) is 34.0 Å². The first-order chi connectivity index (χ1) is 9.44. The van der Waals surface area contributed by atoms with Crippen LogP contribution in [-0.4, -0.2) is 18.1 Å². The summed E-state index contributed by atoms with van der Waals surface area (Å²) in [5.41, 5.74) is 6.94. The summed E-state index contributed by atoms with van der Waals surface area (Å²) < 4.78 is 33.4. The molecule has 0 bridgehead atoms. The minimum atomic E-state index is -3.59. The van der Waals surface area contributed by atoms with Crippen molar-refractivity contribution in [2.75, 3.05) is 0 Å². The maximum atomic E-state index is 12.2. The Morgan fingerprint density at radius 1 is 1.50 bits per heavy atom. The van der Waals surface area contributed by atoms with Crippen molar-refractivity contribution in [1.82, 2.24) is 14.4 Å². The van der Waals surface area contributed by atoms with Crippen molar-refractivity contribution in [3.05, 3.63) is 36.0 Å². The number of rotatable bonds is 6. The van der Waals surface area contributed by atoms with Gasteiger partial charge in [-0.15, -0.1) is 0 Å². The summed E-state index contributed by atoms with van der Waals surface area (Å²) in [7, 11) is -3.59. The lowest BCUT2D eigenvalue weighted by Gasteiger charge is -2.10.